The number of rotatable bonds is 7. The molecule has 0 N–H and O–H groups in total. The number of benzene rings is 11. The van der Waals surface area contributed by atoms with Gasteiger partial charge in [-0.25, -0.2) is 0 Å². The Kier molecular flexibility index (Phi) is 8.97. The Bertz CT molecular complexity index is 4930. The van der Waals surface area contributed by atoms with Crippen molar-refractivity contribution in [2.24, 2.45) is 0 Å². The SMILES string of the molecule is c1ccc(-n2c3ccccc3c3c4ccccc4n(-c4cccc(-c5cccc(-c6cc(-c7cccc8c7oc7ccccc78)c7c8c9ccccc9n(-c9ccccc9)c8n(-c8ccccc8)c7c6)c5)c4)c32)cc1. The summed E-state index contributed by atoms with van der Waals surface area (Å²) in [6, 6.07) is 96.8. The van der Waals surface area contributed by atoms with Crippen molar-refractivity contribution in [2.75, 3.05) is 0 Å². The van der Waals surface area contributed by atoms with Gasteiger partial charge in [0.1, 0.15) is 22.5 Å². The normalized spacial score (nSPS) is 12.0. The molecular weight excluding hydrogens is 913 g/mol. The maximum absolute atomic E-state index is 6.90. The lowest BCUT2D eigenvalue weighted by Crippen LogP contribution is -2.01. The Labute approximate surface area is 431 Å². The maximum Gasteiger partial charge on any atom is 0.143 e. The summed E-state index contributed by atoms with van der Waals surface area (Å²) in [5.74, 6) is 0. The molecule has 0 bridgehead atoms. The van der Waals surface area contributed by atoms with E-state index in [2.05, 4.69) is 285 Å². The van der Waals surface area contributed by atoms with Gasteiger partial charge < -0.3 is 4.42 Å². The predicted molar refractivity (Wildman–Crippen MR) is 312 cm³/mol. The van der Waals surface area contributed by atoms with Gasteiger partial charge in [0.25, 0.3) is 0 Å². The molecule has 0 aliphatic heterocycles. The van der Waals surface area contributed by atoms with Gasteiger partial charge in [-0.15, -0.1) is 0 Å². The zero-order valence-corrected chi connectivity index (χ0v) is 40.6. The molecular formula is C70H44N4O. The van der Waals surface area contributed by atoms with Crippen LogP contribution in [-0.2, 0) is 0 Å². The minimum atomic E-state index is 0.880. The second-order valence-corrected chi connectivity index (χ2v) is 19.6. The zero-order chi connectivity index (χ0) is 49.1. The molecule has 5 heteroatoms. The molecule has 0 spiro atoms. The van der Waals surface area contributed by atoms with E-state index < -0.39 is 0 Å². The van der Waals surface area contributed by atoms with Crippen LogP contribution in [0.1, 0.15) is 0 Å². The van der Waals surface area contributed by atoms with Gasteiger partial charge in [0.2, 0.25) is 0 Å². The van der Waals surface area contributed by atoms with Gasteiger partial charge >= 0.3 is 0 Å². The van der Waals surface area contributed by atoms with E-state index in [1.807, 2.05) is 0 Å². The minimum Gasteiger partial charge on any atom is -0.455 e. The minimum absolute atomic E-state index is 0.880. The number of hydrogen-bond donors (Lipinski definition) is 0. The summed E-state index contributed by atoms with van der Waals surface area (Å²) in [5, 5.41) is 9.51. The van der Waals surface area contributed by atoms with Crippen molar-refractivity contribution in [3.63, 3.8) is 0 Å². The Morgan fingerprint density at radius 1 is 0.240 bits per heavy atom. The molecule has 11 aromatic carbocycles. The first-order valence-corrected chi connectivity index (χ1v) is 25.7. The highest BCUT2D eigenvalue weighted by atomic mass is 16.3. The van der Waals surface area contributed by atoms with E-state index >= 15 is 0 Å². The Balaban J connectivity index is 0.958. The third-order valence-electron chi connectivity index (χ3n) is 15.5. The largest absolute Gasteiger partial charge is 0.455 e. The van der Waals surface area contributed by atoms with Crippen LogP contribution in [0.3, 0.4) is 0 Å². The average Bonchev–Trinajstić information content (AvgIpc) is 4.41. The van der Waals surface area contributed by atoms with Crippen molar-refractivity contribution >= 4 is 87.6 Å². The monoisotopic (exact) mass is 956 g/mol. The number of para-hydroxylation sites is 8. The molecule has 5 nitrogen and oxygen atoms in total. The molecule has 0 atom stereocenters. The van der Waals surface area contributed by atoms with Crippen LogP contribution in [0.5, 0.6) is 0 Å². The van der Waals surface area contributed by atoms with E-state index in [4.69, 9.17) is 4.42 Å². The van der Waals surface area contributed by atoms with Crippen molar-refractivity contribution in [3.8, 4) is 56.1 Å². The third-order valence-corrected chi connectivity index (χ3v) is 15.5. The van der Waals surface area contributed by atoms with Gasteiger partial charge in [-0.2, -0.15) is 0 Å². The molecule has 0 aliphatic carbocycles. The summed E-state index contributed by atoms with van der Waals surface area (Å²) in [7, 11) is 0. The summed E-state index contributed by atoms with van der Waals surface area (Å²) in [6.07, 6.45) is 0. The van der Waals surface area contributed by atoms with Crippen molar-refractivity contribution in [3.05, 3.63) is 267 Å². The molecule has 16 aromatic rings. The van der Waals surface area contributed by atoms with Crippen molar-refractivity contribution < 1.29 is 4.42 Å². The molecule has 0 aliphatic rings. The van der Waals surface area contributed by atoms with Crippen LogP contribution in [0.2, 0.25) is 0 Å². The lowest BCUT2D eigenvalue weighted by atomic mass is 9.92. The molecule has 75 heavy (non-hydrogen) atoms. The van der Waals surface area contributed by atoms with E-state index in [-0.39, 0.29) is 0 Å². The Morgan fingerprint density at radius 3 is 1.28 bits per heavy atom. The van der Waals surface area contributed by atoms with Gasteiger partial charge in [-0.3, -0.25) is 18.3 Å². The number of fused-ring (bicyclic) bond motifs is 13. The number of aromatic nitrogens is 4. The molecule has 0 saturated carbocycles. The van der Waals surface area contributed by atoms with E-state index in [0.29, 0.717) is 0 Å². The van der Waals surface area contributed by atoms with Crippen LogP contribution < -0.4 is 0 Å². The fourth-order valence-electron chi connectivity index (χ4n) is 12.4. The summed E-state index contributed by atoms with van der Waals surface area (Å²) in [6.45, 7) is 0. The summed E-state index contributed by atoms with van der Waals surface area (Å²) >= 11 is 0. The Morgan fingerprint density at radius 2 is 0.667 bits per heavy atom. The molecule has 0 fully saturated rings. The van der Waals surface area contributed by atoms with E-state index in [1.165, 1.54) is 43.4 Å². The van der Waals surface area contributed by atoms with Crippen molar-refractivity contribution in [1.29, 1.82) is 0 Å². The summed E-state index contributed by atoms with van der Waals surface area (Å²) in [5.41, 5.74) is 19.8. The molecule has 5 aromatic heterocycles. The van der Waals surface area contributed by atoms with E-state index in [9.17, 15) is 0 Å². The molecule has 0 radical (unpaired) electrons. The highest BCUT2D eigenvalue weighted by Crippen LogP contribution is 2.49. The standard InChI is InChI=1S/C70H44N4O/c1-4-24-49(25-5-1)71-60-37-14-10-32-56(60)65-57-33-11-15-38-61(57)74(69(65)71)52-30-19-23-47(42-52)45-21-18-22-46(41-45)48-43-59(55-36-20-35-54-53-31-13-17-40-64(53)75-68(54)55)66-63(44-48)73(51-28-8-3-9-29-51)70-67(66)58-34-12-16-39-62(58)72(70)50-26-6-2-7-27-50/h1-44H. The third kappa shape index (κ3) is 6.13. The first-order chi connectivity index (χ1) is 37.2. The quantitative estimate of drug-likeness (QED) is 0.157. The molecule has 0 saturated heterocycles. The van der Waals surface area contributed by atoms with E-state index in [1.54, 1.807) is 0 Å². The van der Waals surface area contributed by atoms with Crippen molar-refractivity contribution in [1.82, 2.24) is 18.3 Å². The van der Waals surface area contributed by atoms with Gasteiger partial charge in [-0.1, -0.05) is 176 Å². The van der Waals surface area contributed by atoms with Crippen LogP contribution in [0.4, 0.5) is 0 Å². The first-order valence-electron chi connectivity index (χ1n) is 25.7. The highest BCUT2D eigenvalue weighted by Gasteiger charge is 2.27. The van der Waals surface area contributed by atoms with Gasteiger partial charge in [0, 0.05) is 71.4 Å². The number of nitrogens with zero attached hydrogens (tertiary/aromatic N) is 4. The fraction of sp³-hybridized carbons (Fsp3) is 0. The second-order valence-electron chi connectivity index (χ2n) is 19.6. The second kappa shape index (κ2) is 16.2. The lowest BCUT2D eigenvalue weighted by Gasteiger charge is -2.15. The molecule has 350 valence electrons. The Hall–Kier alpha value is -10.1. The summed E-state index contributed by atoms with van der Waals surface area (Å²) in [4.78, 5) is 0. The molecule has 0 amide bonds. The van der Waals surface area contributed by atoms with Crippen LogP contribution in [0.15, 0.2) is 271 Å². The van der Waals surface area contributed by atoms with Gasteiger partial charge in [0.15, 0.2) is 0 Å². The topological polar surface area (TPSA) is 32.9 Å². The highest BCUT2D eigenvalue weighted by molar-refractivity contribution is 6.28. The van der Waals surface area contributed by atoms with E-state index in [0.717, 1.165) is 100 Å². The zero-order valence-electron chi connectivity index (χ0n) is 40.6. The van der Waals surface area contributed by atoms with Crippen LogP contribution >= 0.6 is 0 Å². The van der Waals surface area contributed by atoms with Gasteiger partial charge in [-0.05, 0) is 119 Å². The fourth-order valence-corrected chi connectivity index (χ4v) is 12.4. The lowest BCUT2D eigenvalue weighted by molar-refractivity contribution is 0.670. The van der Waals surface area contributed by atoms with Crippen molar-refractivity contribution in [2.45, 2.75) is 0 Å². The average molecular weight is 957 g/mol. The molecule has 0 unspecified atom stereocenters. The molecule has 5 heterocycles. The van der Waals surface area contributed by atoms with Crippen LogP contribution in [0, 0.1) is 0 Å². The van der Waals surface area contributed by atoms with Gasteiger partial charge in [0.05, 0.1) is 22.1 Å². The first kappa shape index (κ1) is 41.5. The smallest absolute Gasteiger partial charge is 0.143 e. The van der Waals surface area contributed by atoms with Crippen LogP contribution in [0.25, 0.3) is 144 Å². The maximum atomic E-state index is 6.90. The summed E-state index contributed by atoms with van der Waals surface area (Å²) < 4.78 is 16.7. The van der Waals surface area contributed by atoms with Crippen LogP contribution in [-0.4, -0.2) is 18.3 Å². The number of furan rings is 1. The number of hydrogen-bond acceptors (Lipinski definition) is 1. The molecule has 16 rings (SSSR count). The predicted octanol–water partition coefficient (Wildman–Crippen LogP) is 18.7.